The quantitative estimate of drug-likeness (QED) is 0.145. The Labute approximate surface area is 269 Å². The third-order valence-corrected chi connectivity index (χ3v) is 9.69. The molecule has 0 radical (unpaired) electrons. The van der Waals surface area contributed by atoms with E-state index in [9.17, 15) is 27.6 Å². The maximum Gasteiger partial charge on any atom is 0.309 e. The number of carboxylic acid groups (broad SMARTS) is 1. The maximum atomic E-state index is 13.7. The van der Waals surface area contributed by atoms with Gasteiger partial charge in [0.1, 0.15) is 24.1 Å². The van der Waals surface area contributed by atoms with Gasteiger partial charge in [-0.3, -0.25) is 19.2 Å². The molecular formula is C28H37N7O9S2. The van der Waals surface area contributed by atoms with Crippen LogP contribution in [0.5, 0.6) is 5.75 Å². The molecule has 1 saturated heterocycles. The SMILES string of the molecule is CCOC(=O)C1CCN(C(=O)[C@H](CCCCNC(=O)CCC(=O)O)n2cc(COc3ccc4nc(S(N)(=O)=O)sc4c3)nn2)CC1. The van der Waals surface area contributed by atoms with Crippen LogP contribution in [0.2, 0.25) is 0 Å². The van der Waals surface area contributed by atoms with Gasteiger partial charge in [-0.15, -0.1) is 16.4 Å². The number of unbranched alkanes of at least 4 members (excludes halogenated alkanes) is 1. The summed E-state index contributed by atoms with van der Waals surface area (Å²) < 4.78 is 36.2. The van der Waals surface area contributed by atoms with Crippen LogP contribution in [0, 0.1) is 5.92 Å². The lowest BCUT2D eigenvalue weighted by molar-refractivity contribution is -0.151. The maximum absolute atomic E-state index is 13.7. The Morgan fingerprint density at radius 1 is 1.17 bits per heavy atom. The number of rotatable bonds is 16. The van der Waals surface area contributed by atoms with E-state index in [0.29, 0.717) is 80.0 Å². The number of aliphatic carboxylic acids is 1. The Morgan fingerprint density at radius 2 is 1.93 bits per heavy atom. The minimum atomic E-state index is -3.93. The summed E-state index contributed by atoms with van der Waals surface area (Å²) >= 11 is 0.934. The number of primary sulfonamides is 1. The van der Waals surface area contributed by atoms with E-state index in [1.54, 1.807) is 36.2 Å². The number of hydrogen-bond acceptors (Lipinski definition) is 12. The number of piperidine rings is 1. The molecule has 3 aromatic rings. The van der Waals surface area contributed by atoms with E-state index in [1.165, 1.54) is 4.68 Å². The van der Waals surface area contributed by atoms with Crippen molar-refractivity contribution in [3.8, 4) is 5.75 Å². The van der Waals surface area contributed by atoms with Crippen LogP contribution in [0.25, 0.3) is 10.2 Å². The number of benzene rings is 1. The first-order valence-corrected chi connectivity index (χ1v) is 17.2. The van der Waals surface area contributed by atoms with Gasteiger partial charge in [-0.1, -0.05) is 5.21 Å². The predicted molar refractivity (Wildman–Crippen MR) is 164 cm³/mol. The molecule has 4 N–H and O–H groups in total. The second-order valence-electron chi connectivity index (χ2n) is 10.7. The fourth-order valence-electron chi connectivity index (χ4n) is 4.96. The van der Waals surface area contributed by atoms with Crippen LogP contribution in [0.3, 0.4) is 0 Å². The number of esters is 1. The van der Waals surface area contributed by atoms with Gasteiger partial charge >= 0.3 is 11.9 Å². The summed E-state index contributed by atoms with van der Waals surface area (Å²) in [6.45, 7) is 3.22. The number of fused-ring (bicyclic) bond motifs is 1. The first-order chi connectivity index (χ1) is 21.9. The average Bonchev–Trinajstić information content (AvgIpc) is 3.68. The van der Waals surface area contributed by atoms with Crippen LogP contribution in [0.4, 0.5) is 0 Å². The number of carbonyl (C=O) groups excluding carboxylic acids is 3. The van der Waals surface area contributed by atoms with Gasteiger partial charge in [-0.05, 0) is 57.2 Å². The number of amides is 2. The van der Waals surface area contributed by atoms with E-state index in [2.05, 4.69) is 20.6 Å². The molecule has 0 bridgehead atoms. The van der Waals surface area contributed by atoms with Crippen LogP contribution >= 0.6 is 11.3 Å². The fraction of sp³-hybridized carbons (Fsp3) is 0.536. The Balaban J connectivity index is 1.39. The molecule has 1 fully saturated rings. The van der Waals surface area contributed by atoms with Gasteiger partial charge < -0.3 is 24.8 Å². The molecule has 1 aliphatic rings. The summed E-state index contributed by atoms with van der Waals surface area (Å²) in [5, 5.41) is 25.0. The molecule has 4 rings (SSSR count). The van der Waals surface area contributed by atoms with Crippen molar-refractivity contribution >= 4 is 55.3 Å². The highest BCUT2D eigenvalue weighted by Crippen LogP contribution is 2.29. The molecule has 18 heteroatoms. The predicted octanol–water partition coefficient (Wildman–Crippen LogP) is 1.61. The number of nitrogens with zero attached hydrogens (tertiary/aromatic N) is 5. The number of sulfonamides is 1. The number of ether oxygens (including phenoxy) is 2. The number of nitrogens with one attached hydrogen (secondary N) is 1. The van der Waals surface area contributed by atoms with E-state index in [0.717, 1.165) is 11.3 Å². The largest absolute Gasteiger partial charge is 0.487 e. The smallest absolute Gasteiger partial charge is 0.309 e. The van der Waals surface area contributed by atoms with Crippen molar-refractivity contribution in [1.82, 2.24) is 30.2 Å². The van der Waals surface area contributed by atoms with Gasteiger partial charge in [-0.2, -0.15) is 0 Å². The van der Waals surface area contributed by atoms with Crippen LogP contribution in [0.1, 0.15) is 63.6 Å². The number of thiazole rings is 1. The third kappa shape index (κ3) is 9.67. The van der Waals surface area contributed by atoms with E-state index in [4.69, 9.17) is 19.7 Å². The van der Waals surface area contributed by atoms with Crippen molar-refractivity contribution in [1.29, 1.82) is 0 Å². The molecule has 1 aromatic carbocycles. The van der Waals surface area contributed by atoms with E-state index in [1.807, 2.05) is 0 Å². The minimum Gasteiger partial charge on any atom is -0.487 e. The third-order valence-electron chi connectivity index (χ3n) is 7.35. The van der Waals surface area contributed by atoms with Crippen molar-refractivity contribution in [3.63, 3.8) is 0 Å². The molecule has 2 amide bonds. The highest BCUT2D eigenvalue weighted by Gasteiger charge is 2.32. The van der Waals surface area contributed by atoms with Gasteiger partial charge in [0.2, 0.25) is 16.2 Å². The molecule has 0 unspecified atom stereocenters. The van der Waals surface area contributed by atoms with Gasteiger partial charge in [0, 0.05) is 26.1 Å². The zero-order valence-electron chi connectivity index (χ0n) is 25.3. The lowest BCUT2D eigenvalue weighted by Gasteiger charge is -2.33. The Bertz CT molecular complexity index is 1650. The summed E-state index contributed by atoms with van der Waals surface area (Å²) in [6.07, 6.45) is 3.81. The second kappa shape index (κ2) is 15.9. The lowest BCUT2D eigenvalue weighted by atomic mass is 9.96. The number of carboxylic acids is 1. The number of hydrogen-bond donors (Lipinski definition) is 3. The molecule has 3 heterocycles. The van der Waals surface area contributed by atoms with Crippen molar-refractivity contribution in [2.45, 2.75) is 68.9 Å². The lowest BCUT2D eigenvalue weighted by Crippen LogP contribution is -2.44. The highest BCUT2D eigenvalue weighted by molar-refractivity contribution is 7.91. The first kappa shape index (κ1) is 34.7. The van der Waals surface area contributed by atoms with Gasteiger partial charge in [-0.25, -0.2) is 23.2 Å². The zero-order valence-corrected chi connectivity index (χ0v) is 26.9. The summed E-state index contributed by atoms with van der Waals surface area (Å²) in [6, 6.07) is 4.24. The van der Waals surface area contributed by atoms with Crippen LogP contribution in [-0.4, -0.2) is 88.4 Å². The van der Waals surface area contributed by atoms with E-state index in [-0.39, 0.29) is 47.5 Å². The average molecular weight is 680 g/mol. The number of aromatic nitrogens is 4. The van der Waals surface area contributed by atoms with Crippen molar-refractivity contribution < 1.29 is 42.2 Å². The number of likely N-dealkylation sites (tertiary alicyclic amines) is 1. The molecule has 2 aromatic heterocycles. The Morgan fingerprint density at radius 3 is 2.63 bits per heavy atom. The molecule has 0 aliphatic carbocycles. The van der Waals surface area contributed by atoms with Crippen molar-refractivity contribution in [2.75, 3.05) is 26.2 Å². The number of nitrogens with two attached hydrogens (primary N) is 1. The summed E-state index contributed by atoms with van der Waals surface area (Å²) in [5.41, 5.74) is 0.930. The van der Waals surface area contributed by atoms with Crippen LogP contribution in [0.15, 0.2) is 28.7 Å². The fourth-order valence-corrected chi connectivity index (χ4v) is 6.64. The van der Waals surface area contributed by atoms with Crippen molar-refractivity contribution in [2.24, 2.45) is 11.1 Å². The second-order valence-corrected chi connectivity index (χ2v) is 13.5. The molecule has 1 atom stereocenters. The standard InChI is InChI=1S/C28H37N7O9S2/c1-2-43-27(40)18-10-13-34(14-11-18)26(39)22(5-3-4-12-30-24(36)8-9-25(37)38)35-16-19(32-33-35)17-44-20-6-7-21-23(15-20)45-28(31-21)46(29,41)42/h6-7,15-16,18,22H,2-5,8-14,17H2,1H3,(H,30,36)(H,37,38)(H2,29,41,42)/t22-/m0/s1. The van der Waals surface area contributed by atoms with Crippen LogP contribution < -0.4 is 15.2 Å². The highest BCUT2D eigenvalue weighted by atomic mass is 32.2. The van der Waals surface area contributed by atoms with Crippen molar-refractivity contribution in [3.05, 3.63) is 30.1 Å². The first-order valence-electron chi connectivity index (χ1n) is 14.9. The number of carbonyl (C=O) groups is 4. The Kier molecular flexibility index (Phi) is 12.0. The van der Waals surface area contributed by atoms with E-state index >= 15 is 0 Å². The molecule has 46 heavy (non-hydrogen) atoms. The zero-order chi connectivity index (χ0) is 33.3. The molecule has 250 valence electrons. The van der Waals surface area contributed by atoms with Gasteiger partial charge in [0.05, 0.1) is 35.4 Å². The molecule has 0 spiro atoms. The molecule has 1 aliphatic heterocycles. The monoisotopic (exact) mass is 679 g/mol. The molecular weight excluding hydrogens is 642 g/mol. The topological polar surface area (TPSA) is 226 Å². The molecule has 16 nitrogen and oxygen atoms in total. The summed E-state index contributed by atoms with van der Waals surface area (Å²) in [5.74, 6) is -1.60. The normalized spacial score (nSPS) is 14.6. The molecule has 0 saturated carbocycles. The minimum absolute atomic E-state index is 0.0283. The summed E-state index contributed by atoms with van der Waals surface area (Å²) in [4.78, 5) is 54.1. The Hall–Kier alpha value is -4.16. The van der Waals surface area contributed by atoms with Gasteiger partial charge in [0.25, 0.3) is 10.0 Å². The van der Waals surface area contributed by atoms with E-state index < -0.39 is 22.0 Å². The van der Waals surface area contributed by atoms with Crippen LogP contribution in [-0.2, 0) is 40.5 Å². The summed E-state index contributed by atoms with van der Waals surface area (Å²) in [7, 11) is -3.93. The van der Waals surface area contributed by atoms with Gasteiger partial charge in [0.15, 0.2) is 0 Å².